The lowest BCUT2D eigenvalue weighted by molar-refractivity contribution is 0.416. The standard InChI is InChI=1S/C13H10BrN3O/c1-18-10-6-3-2-5-9(10)13-15-12-8-4-7-11(14)17(12)16-13/h2-8H,1H3. The lowest BCUT2D eigenvalue weighted by atomic mass is 10.2. The van der Waals surface area contributed by atoms with Gasteiger partial charge in [0.05, 0.1) is 12.7 Å². The van der Waals surface area contributed by atoms with Crippen LogP contribution in [-0.2, 0) is 0 Å². The summed E-state index contributed by atoms with van der Waals surface area (Å²) >= 11 is 3.45. The monoisotopic (exact) mass is 303 g/mol. The number of aromatic nitrogens is 3. The van der Waals surface area contributed by atoms with Gasteiger partial charge in [0.25, 0.3) is 0 Å². The van der Waals surface area contributed by atoms with E-state index < -0.39 is 0 Å². The summed E-state index contributed by atoms with van der Waals surface area (Å²) in [5.74, 6) is 1.42. The third-order valence-electron chi connectivity index (χ3n) is 2.66. The second-order valence-electron chi connectivity index (χ2n) is 3.75. The fraction of sp³-hybridized carbons (Fsp3) is 0.0769. The Bertz CT molecular complexity index is 708. The first-order chi connectivity index (χ1) is 8.79. The molecule has 5 heteroatoms. The highest BCUT2D eigenvalue weighted by molar-refractivity contribution is 9.10. The van der Waals surface area contributed by atoms with Crippen molar-refractivity contribution in [3.63, 3.8) is 0 Å². The molecule has 3 rings (SSSR count). The van der Waals surface area contributed by atoms with E-state index in [0.29, 0.717) is 5.82 Å². The maximum Gasteiger partial charge on any atom is 0.185 e. The summed E-state index contributed by atoms with van der Waals surface area (Å²) in [6.45, 7) is 0. The number of rotatable bonds is 2. The highest BCUT2D eigenvalue weighted by Crippen LogP contribution is 2.27. The van der Waals surface area contributed by atoms with Crippen molar-refractivity contribution >= 4 is 21.6 Å². The number of para-hydroxylation sites is 1. The van der Waals surface area contributed by atoms with Crippen LogP contribution in [0.1, 0.15) is 0 Å². The first kappa shape index (κ1) is 11.2. The van der Waals surface area contributed by atoms with Gasteiger partial charge in [0.15, 0.2) is 11.5 Å². The van der Waals surface area contributed by atoms with Crippen LogP contribution >= 0.6 is 15.9 Å². The average Bonchev–Trinajstić information content (AvgIpc) is 2.84. The minimum atomic E-state index is 0.652. The molecule has 3 aromatic rings. The first-order valence-electron chi connectivity index (χ1n) is 5.44. The van der Waals surface area contributed by atoms with Crippen LogP contribution in [0.5, 0.6) is 5.75 Å². The molecule has 0 fully saturated rings. The summed E-state index contributed by atoms with van der Waals surface area (Å²) in [4.78, 5) is 4.49. The maximum atomic E-state index is 5.33. The Labute approximate surface area is 112 Å². The van der Waals surface area contributed by atoms with Crippen LogP contribution in [0, 0.1) is 0 Å². The number of benzene rings is 1. The topological polar surface area (TPSA) is 39.4 Å². The second kappa shape index (κ2) is 4.42. The van der Waals surface area contributed by atoms with Gasteiger partial charge in [-0.2, -0.15) is 0 Å². The number of fused-ring (bicyclic) bond motifs is 1. The predicted molar refractivity (Wildman–Crippen MR) is 72.7 cm³/mol. The highest BCUT2D eigenvalue weighted by Gasteiger charge is 2.11. The third kappa shape index (κ3) is 1.76. The summed E-state index contributed by atoms with van der Waals surface area (Å²) in [5.41, 5.74) is 1.68. The number of hydrogen-bond acceptors (Lipinski definition) is 3. The van der Waals surface area contributed by atoms with Crippen LogP contribution in [0.3, 0.4) is 0 Å². The minimum absolute atomic E-state index is 0.652. The van der Waals surface area contributed by atoms with E-state index in [1.807, 2.05) is 42.5 Å². The largest absolute Gasteiger partial charge is 0.496 e. The van der Waals surface area contributed by atoms with Crippen LogP contribution in [0.4, 0.5) is 0 Å². The molecule has 0 spiro atoms. The highest BCUT2D eigenvalue weighted by atomic mass is 79.9. The molecule has 0 aliphatic heterocycles. The zero-order valence-corrected chi connectivity index (χ0v) is 11.3. The van der Waals surface area contributed by atoms with Crippen molar-refractivity contribution in [2.75, 3.05) is 7.11 Å². The molecule has 2 heterocycles. The third-order valence-corrected chi connectivity index (χ3v) is 3.26. The number of pyridine rings is 1. The van der Waals surface area contributed by atoms with Crippen LogP contribution in [-0.4, -0.2) is 21.7 Å². The predicted octanol–water partition coefficient (Wildman–Crippen LogP) is 3.17. The van der Waals surface area contributed by atoms with Gasteiger partial charge in [-0.25, -0.2) is 9.50 Å². The van der Waals surface area contributed by atoms with Gasteiger partial charge in [-0.3, -0.25) is 0 Å². The van der Waals surface area contributed by atoms with Gasteiger partial charge in [0.2, 0.25) is 0 Å². The number of halogens is 1. The van der Waals surface area contributed by atoms with E-state index in [1.165, 1.54) is 0 Å². The summed E-state index contributed by atoms with van der Waals surface area (Å²) in [6.07, 6.45) is 0. The van der Waals surface area contributed by atoms with E-state index in [4.69, 9.17) is 4.74 Å². The average molecular weight is 304 g/mol. The van der Waals surface area contributed by atoms with Crippen molar-refractivity contribution in [3.05, 3.63) is 47.1 Å². The molecule has 0 unspecified atom stereocenters. The Morgan fingerprint density at radius 3 is 2.72 bits per heavy atom. The molecule has 2 aromatic heterocycles. The van der Waals surface area contributed by atoms with Gasteiger partial charge < -0.3 is 4.74 Å². The van der Waals surface area contributed by atoms with Gasteiger partial charge in [0.1, 0.15) is 10.4 Å². The molecule has 1 aromatic carbocycles. The van der Waals surface area contributed by atoms with E-state index in [-0.39, 0.29) is 0 Å². The van der Waals surface area contributed by atoms with Crippen molar-refractivity contribution in [1.82, 2.24) is 14.6 Å². The van der Waals surface area contributed by atoms with Gasteiger partial charge in [-0.05, 0) is 40.2 Å². The lowest BCUT2D eigenvalue weighted by Gasteiger charge is -2.03. The first-order valence-corrected chi connectivity index (χ1v) is 6.23. The SMILES string of the molecule is COc1ccccc1-c1nc2cccc(Br)n2n1. The van der Waals surface area contributed by atoms with Gasteiger partial charge in [-0.15, -0.1) is 5.10 Å². The molecule has 0 N–H and O–H groups in total. The van der Waals surface area contributed by atoms with Crippen molar-refractivity contribution in [3.8, 4) is 17.1 Å². The molecule has 4 nitrogen and oxygen atoms in total. The number of methoxy groups -OCH3 is 1. The summed E-state index contributed by atoms with van der Waals surface area (Å²) in [5, 5.41) is 4.47. The second-order valence-corrected chi connectivity index (χ2v) is 4.57. The minimum Gasteiger partial charge on any atom is -0.496 e. The van der Waals surface area contributed by atoms with Crippen LogP contribution in [0.2, 0.25) is 0 Å². The Kier molecular flexibility index (Phi) is 2.76. The van der Waals surface area contributed by atoms with E-state index in [0.717, 1.165) is 21.6 Å². The molecule has 0 aliphatic rings. The van der Waals surface area contributed by atoms with Crippen LogP contribution < -0.4 is 4.74 Å². The number of nitrogens with zero attached hydrogens (tertiary/aromatic N) is 3. The molecule has 0 bridgehead atoms. The van der Waals surface area contributed by atoms with Crippen molar-refractivity contribution in [2.24, 2.45) is 0 Å². The van der Waals surface area contributed by atoms with E-state index >= 15 is 0 Å². The van der Waals surface area contributed by atoms with Crippen LogP contribution in [0.25, 0.3) is 17.0 Å². The van der Waals surface area contributed by atoms with E-state index in [9.17, 15) is 0 Å². The smallest absolute Gasteiger partial charge is 0.185 e. The molecule has 0 atom stereocenters. The maximum absolute atomic E-state index is 5.33. The Morgan fingerprint density at radius 2 is 1.94 bits per heavy atom. The Balaban J connectivity index is 2.23. The number of hydrogen-bond donors (Lipinski definition) is 0. The van der Waals surface area contributed by atoms with Crippen molar-refractivity contribution in [1.29, 1.82) is 0 Å². The number of ether oxygens (including phenoxy) is 1. The summed E-state index contributed by atoms with van der Waals surface area (Å²) < 4.78 is 7.95. The van der Waals surface area contributed by atoms with Crippen molar-refractivity contribution in [2.45, 2.75) is 0 Å². The quantitative estimate of drug-likeness (QED) is 0.683. The van der Waals surface area contributed by atoms with E-state index in [1.54, 1.807) is 11.6 Å². The molecule has 18 heavy (non-hydrogen) atoms. The van der Waals surface area contributed by atoms with Crippen LogP contribution in [0.15, 0.2) is 47.1 Å². The molecular formula is C13H10BrN3O. The lowest BCUT2D eigenvalue weighted by Crippen LogP contribution is -1.90. The fourth-order valence-electron chi connectivity index (χ4n) is 1.82. The van der Waals surface area contributed by atoms with Gasteiger partial charge in [0, 0.05) is 0 Å². The van der Waals surface area contributed by atoms with Gasteiger partial charge in [-0.1, -0.05) is 18.2 Å². The summed E-state index contributed by atoms with van der Waals surface area (Å²) in [7, 11) is 1.64. The molecule has 0 saturated heterocycles. The molecule has 0 saturated carbocycles. The molecular weight excluding hydrogens is 294 g/mol. The molecule has 0 radical (unpaired) electrons. The zero-order valence-electron chi connectivity index (χ0n) is 9.67. The Morgan fingerprint density at radius 1 is 1.11 bits per heavy atom. The molecule has 90 valence electrons. The zero-order chi connectivity index (χ0) is 12.5. The normalized spacial score (nSPS) is 10.8. The summed E-state index contributed by atoms with van der Waals surface area (Å²) in [6, 6.07) is 13.5. The van der Waals surface area contributed by atoms with Gasteiger partial charge >= 0.3 is 0 Å². The van der Waals surface area contributed by atoms with Crippen molar-refractivity contribution < 1.29 is 4.74 Å². The molecule has 0 aliphatic carbocycles. The Hall–Kier alpha value is -1.88. The van der Waals surface area contributed by atoms with E-state index in [2.05, 4.69) is 26.0 Å². The fourth-order valence-corrected chi connectivity index (χ4v) is 2.23. The molecule has 0 amide bonds.